The zero-order chi connectivity index (χ0) is 31.0. The van der Waals surface area contributed by atoms with Gasteiger partial charge < -0.3 is 9.32 Å². The van der Waals surface area contributed by atoms with Crippen molar-refractivity contribution in [1.82, 2.24) is 0 Å². The molecule has 0 saturated carbocycles. The number of furan rings is 1. The summed E-state index contributed by atoms with van der Waals surface area (Å²) in [6, 6.07) is 52.4. The van der Waals surface area contributed by atoms with Gasteiger partial charge in [-0.1, -0.05) is 139 Å². The number of fused-ring (bicyclic) bond motifs is 7. The van der Waals surface area contributed by atoms with Gasteiger partial charge in [-0.15, -0.1) is 0 Å². The first-order chi connectivity index (χ1) is 22.5. The molecule has 0 unspecified atom stereocenters. The lowest BCUT2D eigenvalue weighted by Gasteiger charge is -2.28. The lowest BCUT2D eigenvalue weighted by atomic mass is 9.82. The van der Waals surface area contributed by atoms with E-state index in [-0.39, 0.29) is 5.41 Å². The molecule has 0 amide bonds. The molecule has 0 radical (unpaired) electrons. The third-order valence-electron chi connectivity index (χ3n) is 9.74. The molecule has 9 rings (SSSR count). The first kappa shape index (κ1) is 27.2. The predicted octanol–water partition coefficient (Wildman–Crippen LogP) is 12.9. The maximum atomic E-state index is 6.70. The molecule has 7 aromatic carbocycles. The molecule has 0 bridgehead atoms. The third kappa shape index (κ3) is 3.95. The van der Waals surface area contributed by atoms with E-state index in [2.05, 4.69) is 168 Å². The van der Waals surface area contributed by atoms with Crippen LogP contribution in [-0.2, 0) is 5.41 Å². The van der Waals surface area contributed by atoms with Crippen molar-refractivity contribution in [3.63, 3.8) is 0 Å². The number of hydrogen-bond donors (Lipinski definition) is 0. The van der Waals surface area contributed by atoms with Crippen LogP contribution in [0.5, 0.6) is 0 Å². The molecule has 0 saturated heterocycles. The van der Waals surface area contributed by atoms with E-state index in [0.717, 1.165) is 43.5 Å². The Morgan fingerprint density at radius 3 is 2.09 bits per heavy atom. The Balaban J connectivity index is 1.35. The monoisotopic (exact) mass is 655 g/mol. The van der Waals surface area contributed by atoms with E-state index in [1.165, 1.54) is 44.2 Å². The number of hydrogen-bond acceptors (Lipinski definition) is 2. The fraction of sp³-hybridized carbons (Fsp3) is 0.0698. The predicted molar refractivity (Wildman–Crippen MR) is 197 cm³/mol. The largest absolute Gasteiger partial charge is 0.454 e. The van der Waals surface area contributed by atoms with Crippen molar-refractivity contribution in [2.45, 2.75) is 19.3 Å². The number of benzene rings is 7. The highest BCUT2D eigenvalue weighted by molar-refractivity contribution is 9.10. The standard InChI is InChI=1S/C43H30BrNO/c1-43(2)35-19-7-6-14-31(35)34-26-28(24-25-36(34)43)45(39-22-10-18-33-41-37(44)20-11-23-40(41)46-42(33)39)38-21-9-16-30-29(15-8-17-32(30)38)27-12-4-3-5-13-27/h3-26H,1-2H3. The van der Waals surface area contributed by atoms with Crippen molar-refractivity contribution >= 4 is 65.7 Å². The summed E-state index contributed by atoms with van der Waals surface area (Å²) in [6.45, 7) is 4.66. The van der Waals surface area contributed by atoms with Gasteiger partial charge in [0.1, 0.15) is 5.58 Å². The minimum atomic E-state index is -0.0651. The molecule has 3 heteroatoms. The van der Waals surface area contributed by atoms with E-state index in [9.17, 15) is 0 Å². The molecule has 1 heterocycles. The van der Waals surface area contributed by atoms with Crippen molar-refractivity contribution < 1.29 is 4.42 Å². The zero-order valence-corrected chi connectivity index (χ0v) is 27.2. The number of para-hydroxylation sites is 1. The van der Waals surface area contributed by atoms with Crippen LogP contribution in [0.15, 0.2) is 154 Å². The van der Waals surface area contributed by atoms with Crippen LogP contribution in [0.25, 0.3) is 55.0 Å². The Hall–Kier alpha value is -5.12. The van der Waals surface area contributed by atoms with Crippen molar-refractivity contribution in [2.75, 3.05) is 4.90 Å². The van der Waals surface area contributed by atoms with Gasteiger partial charge in [-0.05, 0) is 75.2 Å². The topological polar surface area (TPSA) is 16.4 Å². The van der Waals surface area contributed by atoms with E-state index < -0.39 is 0 Å². The molecular weight excluding hydrogens is 626 g/mol. The Morgan fingerprint density at radius 2 is 1.22 bits per heavy atom. The van der Waals surface area contributed by atoms with E-state index in [1.54, 1.807) is 0 Å². The van der Waals surface area contributed by atoms with Crippen LogP contribution < -0.4 is 4.90 Å². The molecule has 1 aliphatic carbocycles. The van der Waals surface area contributed by atoms with Gasteiger partial charge in [0.25, 0.3) is 0 Å². The second-order valence-electron chi connectivity index (χ2n) is 12.6. The third-order valence-corrected chi connectivity index (χ3v) is 10.4. The van der Waals surface area contributed by atoms with E-state index >= 15 is 0 Å². The first-order valence-corrected chi connectivity index (χ1v) is 16.5. The second-order valence-corrected chi connectivity index (χ2v) is 13.5. The Labute approximate surface area is 276 Å². The molecule has 1 aliphatic rings. The quantitative estimate of drug-likeness (QED) is 0.187. The highest BCUT2D eigenvalue weighted by Gasteiger charge is 2.35. The fourth-order valence-corrected chi connectivity index (χ4v) is 8.14. The second kappa shape index (κ2) is 10.2. The van der Waals surface area contributed by atoms with E-state index in [0.29, 0.717) is 0 Å². The highest BCUT2D eigenvalue weighted by atomic mass is 79.9. The molecule has 46 heavy (non-hydrogen) atoms. The number of halogens is 1. The summed E-state index contributed by atoms with van der Waals surface area (Å²) >= 11 is 3.80. The molecule has 0 N–H and O–H groups in total. The average Bonchev–Trinajstić information content (AvgIpc) is 3.59. The molecule has 8 aromatic rings. The van der Waals surface area contributed by atoms with Gasteiger partial charge in [0.15, 0.2) is 5.58 Å². The molecule has 0 atom stereocenters. The van der Waals surface area contributed by atoms with Gasteiger partial charge in [0.05, 0.1) is 11.4 Å². The zero-order valence-electron chi connectivity index (χ0n) is 25.6. The van der Waals surface area contributed by atoms with Crippen LogP contribution >= 0.6 is 15.9 Å². The summed E-state index contributed by atoms with van der Waals surface area (Å²) in [4.78, 5) is 2.39. The summed E-state index contributed by atoms with van der Waals surface area (Å²) in [5, 5.41) is 4.57. The Kier molecular flexibility index (Phi) is 6.03. The maximum Gasteiger partial charge on any atom is 0.159 e. The lowest BCUT2D eigenvalue weighted by molar-refractivity contribution is 0.660. The lowest BCUT2D eigenvalue weighted by Crippen LogP contribution is -2.15. The molecular formula is C43H30BrNO. The minimum Gasteiger partial charge on any atom is -0.454 e. The van der Waals surface area contributed by atoms with Gasteiger partial charge >= 0.3 is 0 Å². The molecule has 1 aromatic heterocycles. The molecule has 0 aliphatic heterocycles. The van der Waals surface area contributed by atoms with Crippen molar-refractivity contribution in [2.24, 2.45) is 0 Å². The van der Waals surface area contributed by atoms with Crippen LogP contribution in [0.3, 0.4) is 0 Å². The van der Waals surface area contributed by atoms with E-state index in [1.807, 2.05) is 12.1 Å². The van der Waals surface area contributed by atoms with Gasteiger partial charge in [-0.3, -0.25) is 0 Å². The van der Waals surface area contributed by atoms with Crippen LogP contribution in [0.1, 0.15) is 25.0 Å². The van der Waals surface area contributed by atoms with Crippen molar-refractivity contribution in [3.05, 3.63) is 161 Å². The maximum absolute atomic E-state index is 6.70. The van der Waals surface area contributed by atoms with Gasteiger partial charge in [-0.2, -0.15) is 0 Å². The SMILES string of the molecule is CC1(C)c2ccccc2-c2cc(N(c3cccc4c(-c5ccccc5)cccc34)c3cccc4c3oc3cccc(Br)c34)ccc21. The van der Waals surface area contributed by atoms with Crippen molar-refractivity contribution in [1.29, 1.82) is 0 Å². The Bertz CT molecular complexity index is 2470. The molecule has 0 fully saturated rings. The normalized spacial score (nSPS) is 13.3. The van der Waals surface area contributed by atoms with Gasteiger partial charge in [-0.25, -0.2) is 0 Å². The average molecular weight is 657 g/mol. The first-order valence-electron chi connectivity index (χ1n) is 15.7. The summed E-state index contributed by atoms with van der Waals surface area (Å²) in [6.07, 6.45) is 0. The van der Waals surface area contributed by atoms with Crippen LogP contribution in [0.2, 0.25) is 0 Å². The molecule has 2 nitrogen and oxygen atoms in total. The number of nitrogens with zero attached hydrogens (tertiary/aromatic N) is 1. The minimum absolute atomic E-state index is 0.0651. The number of rotatable bonds is 4. The molecule has 220 valence electrons. The summed E-state index contributed by atoms with van der Waals surface area (Å²) in [5.41, 5.74) is 12.6. The molecule has 0 spiro atoms. The summed E-state index contributed by atoms with van der Waals surface area (Å²) in [7, 11) is 0. The summed E-state index contributed by atoms with van der Waals surface area (Å²) < 4.78 is 7.73. The van der Waals surface area contributed by atoms with Crippen molar-refractivity contribution in [3.8, 4) is 22.3 Å². The van der Waals surface area contributed by atoms with E-state index in [4.69, 9.17) is 4.42 Å². The number of anilines is 3. The van der Waals surface area contributed by atoms with Gasteiger partial charge in [0.2, 0.25) is 0 Å². The van der Waals surface area contributed by atoms with Gasteiger partial charge in [0, 0.05) is 31.7 Å². The fourth-order valence-electron chi connectivity index (χ4n) is 7.58. The highest BCUT2D eigenvalue weighted by Crippen LogP contribution is 2.52. The van der Waals surface area contributed by atoms with Crippen LogP contribution in [0.4, 0.5) is 17.1 Å². The smallest absolute Gasteiger partial charge is 0.159 e. The van der Waals surface area contributed by atoms with Crippen LogP contribution in [-0.4, -0.2) is 0 Å². The Morgan fingerprint density at radius 1 is 0.543 bits per heavy atom. The van der Waals surface area contributed by atoms with Crippen LogP contribution in [0, 0.1) is 0 Å². The summed E-state index contributed by atoms with van der Waals surface area (Å²) in [5.74, 6) is 0.